The van der Waals surface area contributed by atoms with Gasteiger partial charge in [0, 0.05) is 43.0 Å². The van der Waals surface area contributed by atoms with Gasteiger partial charge in [0.15, 0.2) is 34.5 Å². The van der Waals surface area contributed by atoms with Gasteiger partial charge in [0.2, 0.25) is 5.75 Å². The zero-order chi connectivity index (χ0) is 36.7. The van der Waals surface area contributed by atoms with Crippen molar-refractivity contribution >= 4 is 5.97 Å². The molecule has 0 radical (unpaired) electrons. The van der Waals surface area contributed by atoms with Crippen LogP contribution in [0.3, 0.4) is 0 Å². The first-order chi connectivity index (χ1) is 25.1. The standard InChI is InChI=1S/C42H48N2O8/c1-8-32(42(45)46)44(3)18-16-27-22-35(48-5)37-24-30(27)33(44)20-25-9-12-29(13-10-25)51-36-21-26(11-14-34(36)47-4)19-31-39-28(15-17-43(31)2)23-38(49-6)40(50-7)41(39)52-37/h9-14,21-24,31-33H,8,15-20H2,1-7H3. The average Bonchev–Trinajstić information content (AvgIpc) is 3.14. The van der Waals surface area contributed by atoms with Gasteiger partial charge in [0.05, 0.1) is 48.0 Å². The molecule has 0 amide bonds. The van der Waals surface area contributed by atoms with E-state index >= 15 is 0 Å². The van der Waals surface area contributed by atoms with Crippen LogP contribution >= 0.6 is 0 Å². The summed E-state index contributed by atoms with van der Waals surface area (Å²) in [6, 6.07) is 19.3. The van der Waals surface area contributed by atoms with E-state index in [4.69, 9.17) is 28.4 Å². The first-order valence-corrected chi connectivity index (χ1v) is 18.0. The van der Waals surface area contributed by atoms with E-state index in [-0.39, 0.29) is 12.1 Å². The van der Waals surface area contributed by atoms with Crippen LogP contribution in [0.2, 0.25) is 0 Å². The zero-order valence-electron chi connectivity index (χ0n) is 31.1. The maximum absolute atomic E-state index is 12.7. The smallest absolute Gasteiger partial charge is 0.204 e. The molecule has 4 heterocycles. The van der Waals surface area contributed by atoms with Crippen LogP contribution in [0.4, 0.5) is 0 Å². The number of hydrogen-bond donors (Lipinski definition) is 0. The Bertz CT molecular complexity index is 1980. The Morgan fingerprint density at radius 2 is 1.54 bits per heavy atom. The number of methoxy groups -OCH3 is 4. The minimum absolute atomic E-state index is 0.0809. The van der Waals surface area contributed by atoms with Crippen LogP contribution in [0.15, 0.2) is 60.7 Å². The number of fused-ring (bicyclic) bond motifs is 2. The van der Waals surface area contributed by atoms with E-state index in [1.807, 2.05) is 38.2 Å². The fourth-order valence-corrected chi connectivity index (χ4v) is 8.67. The molecule has 8 rings (SSSR count). The van der Waals surface area contributed by atoms with Crippen LogP contribution in [-0.4, -0.2) is 77.0 Å². The van der Waals surface area contributed by atoms with Crippen molar-refractivity contribution in [2.45, 2.75) is 57.2 Å². The van der Waals surface area contributed by atoms with E-state index < -0.39 is 12.0 Å². The van der Waals surface area contributed by atoms with E-state index in [9.17, 15) is 9.90 Å². The third-order valence-electron chi connectivity index (χ3n) is 11.5. The predicted octanol–water partition coefficient (Wildman–Crippen LogP) is 6.21. The van der Waals surface area contributed by atoms with Gasteiger partial charge in [-0.1, -0.05) is 25.1 Å². The molecular weight excluding hydrogens is 660 g/mol. The number of carbonyl (C=O) groups excluding carboxylic acids is 1. The maximum Gasteiger partial charge on any atom is 0.204 e. The third-order valence-corrected chi connectivity index (χ3v) is 11.5. The summed E-state index contributed by atoms with van der Waals surface area (Å²) in [6.07, 6.45) is 3.17. The number of aliphatic carboxylic acids is 1. The number of benzene rings is 4. The summed E-state index contributed by atoms with van der Waals surface area (Å²) in [6.45, 7) is 3.40. The largest absolute Gasteiger partial charge is 0.544 e. The Labute approximate surface area is 306 Å². The number of nitrogens with zero attached hydrogens (tertiary/aromatic N) is 2. The number of carbonyl (C=O) groups is 1. The molecule has 10 heteroatoms. The van der Waals surface area contributed by atoms with Crippen LogP contribution < -0.4 is 33.5 Å². The van der Waals surface area contributed by atoms with E-state index in [0.29, 0.717) is 82.7 Å². The van der Waals surface area contributed by atoms with Crippen molar-refractivity contribution < 1.29 is 42.8 Å². The van der Waals surface area contributed by atoms with E-state index in [1.54, 1.807) is 28.4 Å². The van der Waals surface area contributed by atoms with E-state index in [1.165, 1.54) is 0 Å². The van der Waals surface area contributed by atoms with Gasteiger partial charge in [-0.3, -0.25) is 4.90 Å². The molecule has 0 saturated carbocycles. The lowest BCUT2D eigenvalue weighted by Crippen LogP contribution is -2.63. The summed E-state index contributed by atoms with van der Waals surface area (Å²) in [5.74, 6) is 3.67. The number of rotatable bonds is 7. The summed E-state index contributed by atoms with van der Waals surface area (Å²) in [4.78, 5) is 15.1. The number of ether oxygens (including phenoxy) is 6. The second kappa shape index (κ2) is 14.2. The zero-order valence-corrected chi connectivity index (χ0v) is 31.1. The lowest BCUT2D eigenvalue weighted by Gasteiger charge is -2.50. The van der Waals surface area contributed by atoms with E-state index in [0.717, 1.165) is 46.3 Å². The molecule has 4 atom stereocenters. The van der Waals surface area contributed by atoms with Gasteiger partial charge in [-0.2, -0.15) is 0 Å². The van der Waals surface area contributed by atoms with Gasteiger partial charge in [0.25, 0.3) is 0 Å². The number of carboxylic acid groups (broad SMARTS) is 1. The van der Waals surface area contributed by atoms with Crippen molar-refractivity contribution in [2.24, 2.45) is 0 Å². The molecule has 0 spiro atoms. The number of quaternary nitrogens is 1. The van der Waals surface area contributed by atoms with Crippen LogP contribution in [0.1, 0.15) is 58.8 Å². The van der Waals surface area contributed by atoms with Gasteiger partial charge in [0.1, 0.15) is 17.8 Å². The van der Waals surface area contributed by atoms with Crippen LogP contribution in [0.25, 0.3) is 0 Å². The Morgan fingerprint density at radius 1 is 0.846 bits per heavy atom. The van der Waals surface area contributed by atoms with Crippen molar-refractivity contribution in [1.29, 1.82) is 0 Å². The van der Waals surface area contributed by atoms with Crippen molar-refractivity contribution in [3.8, 4) is 46.0 Å². The van der Waals surface area contributed by atoms with Gasteiger partial charge < -0.3 is 42.8 Å². The van der Waals surface area contributed by atoms with Crippen LogP contribution in [-0.2, 0) is 30.5 Å². The molecule has 10 nitrogen and oxygen atoms in total. The molecule has 4 unspecified atom stereocenters. The average molecular weight is 709 g/mol. The molecular formula is C42H48N2O8. The molecule has 0 aromatic heterocycles. The number of hydrogen-bond acceptors (Lipinski definition) is 9. The minimum Gasteiger partial charge on any atom is -0.544 e. The second-order valence-electron chi connectivity index (χ2n) is 14.3. The lowest BCUT2D eigenvalue weighted by atomic mass is 9.84. The molecule has 0 saturated heterocycles. The fraction of sp³-hybridized carbons (Fsp3) is 0.405. The molecule has 4 aromatic rings. The van der Waals surface area contributed by atoms with Crippen LogP contribution in [0.5, 0.6) is 46.0 Å². The Balaban J connectivity index is 1.50. The first kappa shape index (κ1) is 35.5. The molecule has 274 valence electrons. The topological polar surface area (TPSA) is 98.8 Å². The predicted molar refractivity (Wildman–Crippen MR) is 195 cm³/mol. The molecule has 6 bridgehead atoms. The minimum atomic E-state index is -1.04. The highest BCUT2D eigenvalue weighted by molar-refractivity contribution is 5.70. The maximum atomic E-state index is 12.7. The first-order valence-electron chi connectivity index (χ1n) is 18.0. The quantitative estimate of drug-likeness (QED) is 0.208. The highest BCUT2D eigenvalue weighted by Crippen LogP contribution is 2.52. The Hall–Kier alpha value is -4.93. The summed E-state index contributed by atoms with van der Waals surface area (Å²) >= 11 is 0. The highest BCUT2D eigenvalue weighted by atomic mass is 16.5. The highest BCUT2D eigenvalue weighted by Gasteiger charge is 2.45. The van der Waals surface area contributed by atoms with Gasteiger partial charge in [-0.25, -0.2) is 0 Å². The van der Waals surface area contributed by atoms with Gasteiger partial charge in [-0.15, -0.1) is 0 Å². The fourth-order valence-electron chi connectivity index (χ4n) is 8.67. The number of carboxylic acids is 1. The molecule has 0 N–H and O–H groups in total. The molecule has 4 aliphatic rings. The Morgan fingerprint density at radius 3 is 2.21 bits per heavy atom. The lowest BCUT2D eigenvalue weighted by molar-refractivity contribution is -0.958. The van der Waals surface area contributed by atoms with Crippen molar-refractivity contribution in [3.63, 3.8) is 0 Å². The SMILES string of the molecule is CCC(C(=O)[O-])[N+]1(C)CCc2cc(OC)c3cc2C1Cc1ccc(cc1)Oc1cc(ccc1OC)CC1c2c(cc(OC)c(OC)c2O3)CCN1C. The summed E-state index contributed by atoms with van der Waals surface area (Å²) < 4.78 is 37.6. The van der Waals surface area contributed by atoms with Crippen LogP contribution in [0, 0.1) is 0 Å². The molecule has 52 heavy (non-hydrogen) atoms. The van der Waals surface area contributed by atoms with Gasteiger partial charge >= 0.3 is 0 Å². The summed E-state index contributed by atoms with van der Waals surface area (Å²) in [5.41, 5.74) is 6.39. The van der Waals surface area contributed by atoms with Crippen molar-refractivity contribution in [2.75, 3.05) is 55.6 Å². The normalized spacial score (nSPS) is 21.4. The summed E-state index contributed by atoms with van der Waals surface area (Å²) in [5, 5.41) is 12.7. The molecule has 4 aromatic carbocycles. The van der Waals surface area contributed by atoms with Gasteiger partial charge in [-0.05, 0) is 84.6 Å². The number of likely N-dealkylation sites (N-methyl/N-ethyl adjacent to an activating group) is 2. The molecule has 0 fully saturated rings. The van der Waals surface area contributed by atoms with E-state index in [2.05, 4.69) is 48.3 Å². The Kier molecular flexibility index (Phi) is 9.71. The second-order valence-corrected chi connectivity index (χ2v) is 14.3. The van der Waals surface area contributed by atoms with Crippen molar-refractivity contribution in [3.05, 3.63) is 94.0 Å². The van der Waals surface area contributed by atoms with Crippen molar-refractivity contribution in [1.82, 2.24) is 4.90 Å². The monoisotopic (exact) mass is 708 g/mol. The molecule has 0 aliphatic carbocycles. The summed E-state index contributed by atoms with van der Waals surface area (Å²) in [7, 11) is 10.7. The molecule has 4 aliphatic heterocycles. The third kappa shape index (κ3) is 6.17.